The van der Waals surface area contributed by atoms with Crippen LogP contribution in [-0.4, -0.2) is 23.5 Å². The molecule has 0 unspecified atom stereocenters. The fourth-order valence-electron chi connectivity index (χ4n) is 2.26. The largest absolute Gasteiger partial charge is 0.477 e. The zero-order chi connectivity index (χ0) is 16.8. The Balaban J connectivity index is 2.13. The van der Waals surface area contributed by atoms with E-state index in [4.69, 9.17) is 4.74 Å². The molecular weight excluding hydrogens is 296 g/mol. The summed E-state index contributed by atoms with van der Waals surface area (Å²) >= 11 is 0. The molecule has 2 aromatic rings. The van der Waals surface area contributed by atoms with Crippen LogP contribution in [0.2, 0.25) is 0 Å². The Kier molecular flexibility index (Phi) is 5.30. The summed E-state index contributed by atoms with van der Waals surface area (Å²) in [6.07, 6.45) is 0. The standard InChI is InChI=1S/C17H18N2O4/c1-13(2)18(14-8-4-3-5-9-14)17(20)12-23-16-11-7-6-10-15(16)19(21)22/h3-11,13H,12H2,1-2H3. The molecule has 0 spiro atoms. The summed E-state index contributed by atoms with van der Waals surface area (Å²) in [6, 6.07) is 15.2. The van der Waals surface area contributed by atoms with Crippen LogP contribution in [0.4, 0.5) is 11.4 Å². The Labute approximate surface area is 134 Å². The molecule has 0 bridgehead atoms. The Morgan fingerprint density at radius 2 is 1.74 bits per heavy atom. The number of nitrogens with zero attached hydrogens (tertiary/aromatic N) is 2. The van der Waals surface area contributed by atoms with Gasteiger partial charge < -0.3 is 9.64 Å². The molecule has 0 fully saturated rings. The van der Waals surface area contributed by atoms with Crippen molar-refractivity contribution in [2.45, 2.75) is 19.9 Å². The summed E-state index contributed by atoms with van der Waals surface area (Å²) in [7, 11) is 0. The Bertz CT molecular complexity index is 686. The molecule has 0 aliphatic rings. The van der Waals surface area contributed by atoms with Gasteiger partial charge in [0.1, 0.15) is 0 Å². The normalized spacial score (nSPS) is 10.4. The molecule has 2 aromatic carbocycles. The Morgan fingerprint density at radius 1 is 1.13 bits per heavy atom. The van der Waals surface area contributed by atoms with E-state index < -0.39 is 4.92 Å². The van der Waals surface area contributed by atoms with Crippen LogP contribution in [0, 0.1) is 10.1 Å². The monoisotopic (exact) mass is 314 g/mol. The van der Waals surface area contributed by atoms with Gasteiger partial charge in [-0.1, -0.05) is 30.3 Å². The van der Waals surface area contributed by atoms with Crippen LogP contribution in [-0.2, 0) is 4.79 Å². The maximum absolute atomic E-state index is 12.5. The summed E-state index contributed by atoms with van der Waals surface area (Å²) in [5.41, 5.74) is 0.606. The molecule has 0 saturated heterocycles. The number of anilines is 1. The maximum Gasteiger partial charge on any atom is 0.310 e. The van der Waals surface area contributed by atoms with Gasteiger partial charge in [0.2, 0.25) is 0 Å². The number of amides is 1. The first-order valence-electron chi connectivity index (χ1n) is 7.24. The lowest BCUT2D eigenvalue weighted by Crippen LogP contribution is -2.40. The summed E-state index contributed by atoms with van der Waals surface area (Å²) in [6.45, 7) is 3.53. The highest BCUT2D eigenvalue weighted by Gasteiger charge is 2.21. The second kappa shape index (κ2) is 7.40. The van der Waals surface area contributed by atoms with Gasteiger partial charge in [0, 0.05) is 17.8 Å². The summed E-state index contributed by atoms with van der Waals surface area (Å²) in [4.78, 5) is 24.5. The van der Waals surface area contributed by atoms with E-state index in [0.717, 1.165) is 5.69 Å². The second-order valence-corrected chi connectivity index (χ2v) is 5.21. The fourth-order valence-corrected chi connectivity index (χ4v) is 2.26. The number of hydrogen-bond acceptors (Lipinski definition) is 4. The van der Waals surface area contributed by atoms with Crippen LogP contribution < -0.4 is 9.64 Å². The van der Waals surface area contributed by atoms with Gasteiger partial charge in [0.25, 0.3) is 5.91 Å². The summed E-state index contributed by atoms with van der Waals surface area (Å²) in [5, 5.41) is 11.0. The molecular formula is C17H18N2O4. The maximum atomic E-state index is 12.5. The first kappa shape index (κ1) is 16.5. The number of carbonyl (C=O) groups is 1. The highest BCUT2D eigenvalue weighted by molar-refractivity contribution is 5.94. The van der Waals surface area contributed by atoms with Gasteiger partial charge in [-0.15, -0.1) is 0 Å². The molecule has 1 amide bonds. The molecule has 2 rings (SSSR count). The molecule has 0 N–H and O–H groups in total. The van der Waals surface area contributed by atoms with Crippen molar-refractivity contribution in [2.75, 3.05) is 11.5 Å². The van der Waals surface area contributed by atoms with Crippen molar-refractivity contribution < 1.29 is 14.5 Å². The number of benzene rings is 2. The average molecular weight is 314 g/mol. The molecule has 6 nitrogen and oxygen atoms in total. The van der Waals surface area contributed by atoms with Gasteiger partial charge in [-0.2, -0.15) is 0 Å². The third-order valence-corrected chi connectivity index (χ3v) is 3.23. The molecule has 6 heteroatoms. The van der Waals surface area contributed by atoms with Crippen LogP contribution >= 0.6 is 0 Å². The lowest BCUT2D eigenvalue weighted by Gasteiger charge is -2.26. The summed E-state index contributed by atoms with van der Waals surface area (Å²) < 4.78 is 5.38. The quantitative estimate of drug-likeness (QED) is 0.605. The fraction of sp³-hybridized carbons (Fsp3) is 0.235. The SMILES string of the molecule is CC(C)N(C(=O)COc1ccccc1[N+](=O)[O-])c1ccccc1. The van der Waals surface area contributed by atoms with Gasteiger partial charge in [0.05, 0.1) is 4.92 Å². The minimum atomic E-state index is -0.531. The van der Waals surface area contributed by atoms with Crippen LogP contribution in [0.3, 0.4) is 0 Å². The minimum absolute atomic E-state index is 0.0562. The second-order valence-electron chi connectivity index (χ2n) is 5.21. The number of rotatable bonds is 6. The highest BCUT2D eigenvalue weighted by atomic mass is 16.6. The van der Waals surface area contributed by atoms with Crippen molar-refractivity contribution in [3.8, 4) is 5.75 Å². The van der Waals surface area contributed by atoms with Crippen molar-refractivity contribution in [1.29, 1.82) is 0 Å². The van der Waals surface area contributed by atoms with E-state index in [1.807, 2.05) is 44.2 Å². The van der Waals surface area contributed by atoms with Gasteiger partial charge in [-0.25, -0.2) is 0 Å². The van der Waals surface area contributed by atoms with Gasteiger partial charge in [0.15, 0.2) is 12.4 Å². The van der Waals surface area contributed by atoms with Gasteiger partial charge >= 0.3 is 5.69 Å². The molecule has 23 heavy (non-hydrogen) atoms. The zero-order valence-electron chi connectivity index (χ0n) is 13.0. The van der Waals surface area contributed by atoms with E-state index in [2.05, 4.69) is 0 Å². The first-order chi connectivity index (χ1) is 11.0. The summed E-state index contributed by atoms with van der Waals surface area (Å²) in [5.74, 6) is -0.174. The predicted octanol–water partition coefficient (Wildman–Crippen LogP) is 3.42. The van der Waals surface area contributed by atoms with E-state index in [1.165, 1.54) is 12.1 Å². The smallest absolute Gasteiger partial charge is 0.310 e. The van der Waals surface area contributed by atoms with E-state index >= 15 is 0 Å². The molecule has 0 radical (unpaired) electrons. The van der Waals surface area contributed by atoms with Crippen molar-refractivity contribution in [2.24, 2.45) is 0 Å². The molecule has 0 aliphatic heterocycles. The van der Waals surface area contributed by atoms with Crippen molar-refractivity contribution in [1.82, 2.24) is 0 Å². The van der Waals surface area contributed by atoms with Crippen LogP contribution in [0.5, 0.6) is 5.75 Å². The third-order valence-electron chi connectivity index (χ3n) is 3.23. The number of nitro benzene ring substituents is 1. The van der Waals surface area contributed by atoms with Crippen LogP contribution in [0.1, 0.15) is 13.8 Å². The number of nitro groups is 1. The minimum Gasteiger partial charge on any atom is -0.477 e. The molecule has 0 aromatic heterocycles. The number of para-hydroxylation sites is 3. The zero-order valence-corrected chi connectivity index (χ0v) is 13.0. The molecule has 0 saturated carbocycles. The van der Waals surface area contributed by atoms with Gasteiger partial charge in [-0.05, 0) is 32.0 Å². The number of ether oxygens (including phenoxy) is 1. The number of hydrogen-bond donors (Lipinski definition) is 0. The van der Waals surface area contributed by atoms with E-state index in [0.29, 0.717) is 0 Å². The highest BCUT2D eigenvalue weighted by Crippen LogP contribution is 2.26. The average Bonchev–Trinajstić information content (AvgIpc) is 2.54. The first-order valence-corrected chi connectivity index (χ1v) is 7.24. The van der Waals surface area contributed by atoms with Crippen LogP contribution in [0.25, 0.3) is 0 Å². The van der Waals surface area contributed by atoms with E-state index in [1.54, 1.807) is 17.0 Å². The molecule has 0 heterocycles. The van der Waals surface area contributed by atoms with Crippen molar-refractivity contribution in [3.05, 3.63) is 64.7 Å². The predicted molar refractivity (Wildman–Crippen MR) is 87.7 cm³/mol. The lowest BCUT2D eigenvalue weighted by atomic mass is 10.2. The van der Waals surface area contributed by atoms with Gasteiger partial charge in [-0.3, -0.25) is 14.9 Å². The van der Waals surface area contributed by atoms with Crippen molar-refractivity contribution in [3.63, 3.8) is 0 Å². The molecule has 120 valence electrons. The third kappa shape index (κ3) is 4.06. The van der Waals surface area contributed by atoms with E-state index in [-0.39, 0.29) is 30.0 Å². The lowest BCUT2D eigenvalue weighted by molar-refractivity contribution is -0.385. The van der Waals surface area contributed by atoms with Crippen LogP contribution in [0.15, 0.2) is 54.6 Å². The molecule has 0 atom stereocenters. The Hall–Kier alpha value is -2.89. The van der Waals surface area contributed by atoms with Crippen molar-refractivity contribution >= 4 is 17.3 Å². The topological polar surface area (TPSA) is 72.7 Å². The number of carbonyl (C=O) groups excluding carboxylic acids is 1. The van der Waals surface area contributed by atoms with E-state index in [9.17, 15) is 14.9 Å². The molecule has 0 aliphatic carbocycles. The Morgan fingerprint density at radius 3 is 2.35 bits per heavy atom.